The average molecular weight is 1050 g/mol. The van der Waals surface area contributed by atoms with Crippen LogP contribution in [0, 0.1) is 11.6 Å². The largest absolute Gasteiger partial charge is 0.340 e. The first-order chi connectivity index (χ1) is 36.7. The molecule has 2 N–H and O–H groups in total. The summed E-state index contributed by atoms with van der Waals surface area (Å²) in [5.74, 6) is -0.344. The zero-order valence-electron chi connectivity index (χ0n) is 44.8. The molecule has 2 aliphatic rings. The Hall–Kier alpha value is -7.93. The van der Waals surface area contributed by atoms with E-state index < -0.39 is 34.1 Å². The van der Waals surface area contributed by atoms with Crippen molar-refractivity contribution in [3.05, 3.63) is 183 Å². The van der Waals surface area contributed by atoms with Crippen LogP contribution in [0.4, 0.5) is 20.7 Å². The van der Waals surface area contributed by atoms with Crippen LogP contribution in [0.1, 0.15) is 80.5 Å². The highest BCUT2D eigenvalue weighted by molar-refractivity contribution is 5.79. The summed E-state index contributed by atoms with van der Waals surface area (Å²) in [6, 6.07) is 27.7. The van der Waals surface area contributed by atoms with Crippen molar-refractivity contribution in [1.29, 1.82) is 0 Å². The van der Waals surface area contributed by atoms with E-state index in [1.165, 1.54) is 45.0 Å². The van der Waals surface area contributed by atoms with Crippen LogP contribution in [0.3, 0.4) is 0 Å². The molecule has 0 radical (unpaired) electrons. The lowest BCUT2D eigenvalue weighted by Gasteiger charge is -2.35. The minimum Gasteiger partial charge on any atom is -0.340 e. The maximum atomic E-state index is 16.6. The summed E-state index contributed by atoms with van der Waals surface area (Å²) in [4.78, 5) is 90.2. The number of hydrogen-bond acceptors (Lipinski definition) is 10. The van der Waals surface area contributed by atoms with E-state index in [4.69, 9.17) is 9.97 Å². The van der Waals surface area contributed by atoms with E-state index in [1.54, 1.807) is 44.4 Å². The molecular formula is C58H66F2N12O5. The molecule has 0 bridgehead atoms. The number of imidazole rings is 2. The van der Waals surface area contributed by atoms with Gasteiger partial charge in [0.05, 0.1) is 26.1 Å². The second kappa shape index (κ2) is 20.9. The molecule has 402 valence electrons. The van der Waals surface area contributed by atoms with Crippen LogP contribution in [0.2, 0.25) is 0 Å². The van der Waals surface area contributed by atoms with Gasteiger partial charge in [-0.2, -0.15) is 9.97 Å². The highest BCUT2D eigenvalue weighted by Gasteiger charge is 2.30. The molecule has 0 saturated carbocycles. The molecule has 6 heterocycles. The summed E-state index contributed by atoms with van der Waals surface area (Å²) in [6.45, 7) is 17.6. The maximum Gasteiger partial charge on any atom is 0.330 e. The zero-order chi connectivity index (χ0) is 54.5. The number of aryl methyl sites for hydroxylation is 1. The fraction of sp³-hybridized carbons (Fsp3) is 0.397. The number of aromatic amines is 2. The van der Waals surface area contributed by atoms with Gasteiger partial charge in [0.1, 0.15) is 11.6 Å². The smallest absolute Gasteiger partial charge is 0.330 e. The number of aromatic nitrogens is 8. The number of rotatable bonds is 13. The molecule has 0 aliphatic carbocycles. The normalized spacial score (nSPS) is 14.8. The van der Waals surface area contributed by atoms with E-state index in [1.807, 2.05) is 17.0 Å². The predicted molar refractivity (Wildman–Crippen MR) is 295 cm³/mol. The third kappa shape index (κ3) is 10.9. The summed E-state index contributed by atoms with van der Waals surface area (Å²) in [7, 11) is 1.50. The molecule has 8 aromatic rings. The summed E-state index contributed by atoms with van der Waals surface area (Å²) in [6.07, 6.45) is 1.14. The number of halogens is 2. The number of carbonyl (C=O) groups is 1. The van der Waals surface area contributed by atoms with Gasteiger partial charge in [-0.25, -0.2) is 18.4 Å². The molecule has 4 aromatic carbocycles. The molecule has 2 aliphatic heterocycles. The lowest BCUT2D eigenvalue weighted by atomic mass is 9.86. The SMILES string of the molecule is Cn1c(=O)[nH]c(=O)c2c1nc(N1CCN(C(=O)Cc3ccc(C(C)(C)C)cc3)CC1)n2Cc1ccc(Cn2c(=O)[nH]c(=O)c3c2nc(N2CCN(CCc4ccc(C(C)(C)C)cc4)CC2)n3Cc2ccccc2F)cc1F. The second-order valence-corrected chi connectivity index (χ2v) is 22.5. The number of benzene rings is 4. The van der Waals surface area contributed by atoms with Crippen molar-refractivity contribution in [3.8, 4) is 0 Å². The highest BCUT2D eigenvalue weighted by atomic mass is 19.1. The Balaban J connectivity index is 0.896. The van der Waals surface area contributed by atoms with E-state index in [2.05, 4.69) is 97.7 Å². The summed E-state index contributed by atoms with van der Waals surface area (Å²) < 4.78 is 37.7. The van der Waals surface area contributed by atoms with Crippen molar-refractivity contribution in [2.45, 2.75) is 84.8 Å². The van der Waals surface area contributed by atoms with Crippen LogP contribution in [0.5, 0.6) is 0 Å². The molecule has 10 rings (SSSR count). The quantitative estimate of drug-likeness (QED) is 0.142. The van der Waals surface area contributed by atoms with Crippen LogP contribution in [-0.2, 0) is 55.1 Å². The number of nitrogens with one attached hydrogen (secondary N) is 2. The standard InChI is InChI=1S/C58H66F2N12O5/c1-57(2,3)42-18-13-37(14-19-42)22-23-66-24-26-68(27-25-66)54-62-50-48(71(54)35-40-10-8-9-11-44(40)59)52(75)64-56(77)72(50)34-39-12-17-41(45(60)32-39)36-70-47-49(65(7)55(76)63-51(47)74)61-53(70)69-30-28-67(29-31-69)46(73)33-38-15-20-43(21-16-38)58(4,5)6/h8-21,32H,22-31,33-36H2,1-7H3,(H,63,74,76)(H,64,75,77). The van der Waals surface area contributed by atoms with Crippen LogP contribution in [0.25, 0.3) is 22.3 Å². The van der Waals surface area contributed by atoms with Gasteiger partial charge in [0.2, 0.25) is 17.8 Å². The van der Waals surface area contributed by atoms with E-state index in [0.717, 1.165) is 18.5 Å². The molecule has 2 fully saturated rings. The van der Waals surface area contributed by atoms with Gasteiger partial charge in [0.25, 0.3) is 11.1 Å². The number of hydrogen-bond donors (Lipinski definition) is 2. The Labute approximate surface area is 444 Å². The Morgan fingerprint density at radius 2 is 1.06 bits per heavy atom. The number of carbonyl (C=O) groups excluding carboxylic acids is 1. The monoisotopic (exact) mass is 1050 g/mol. The van der Waals surface area contributed by atoms with Crippen LogP contribution in [-0.4, -0.2) is 113 Å². The van der Waals surface area contributed by atoms with Crippen LogP contribution in [0.15, 0.2) is 110 Å². The van der Waals surface area contributed by atoms with E-state index >= 15 is 8.78 Å². The van der Waals surface area contributed by atoms with Crippen molar-refractivity contribution in [2.75, 3.05) is 68.7 Å². The fourth-order valence-corrected chi connectivity index (χ4v) is 10.5. The minimum absolute atomic E-state index is 0.00624. The summed E-state index contributed by atoms with van der Waals surface area (Å²) >= 11 is 0. The lowest BCUT2D eigenvalue weighted by molar-refractivity contribution is -0.130. The van der Waals surface area contributed by atoms with Crippen molar-refractivity contribution < 1.29 is 13.6 Å². The molecule has 0 atom stereocenters. The molecule has 1 amide bonds. The first-order valence-corrected chi connectivity index (χ1v) is 26.3. The average Bonchev–Trinajstić information content (AvgIpc) is 4.04. The van der Waals surface area contributed by atoms with Crippen LogP contribution < -0.4 is 32.3 Å². The van der Waals surface area contributed by atoms with Gasteiger partial charge in [-0.1, -0.05) is 120 Å². The molecule has 4 aromatic heterocycles. The third-order valence-corrected chi connectivity index (χ3v) is 15.2. The van der Waals surface area contributed by atoms with E-state index in [9.17, 15) is 24.0 Å². The summed E-state index contributed by atoms with van der Waals surface area (Å²) in [5, 5.41) is 0. The molecule has 0 spiro atoms. The third-order valence-electron chi connectivity index (χ3n) is 15.2. The Morgan fingerprint density at radius 3 is 1.64 bits per heavy atom. The van der Waals surface area contributed by atoms with Gasteiger partial charge in [-0.15, -0.1) is 0 Å². The van der Waals surface area contributed by atoms with Gasteiger partial charge >= 0.3 is 11.4 Å². The Kier molecular flexibility index (Phi) is 14.2. The fourth-order valence-electron chi connectivity index (χ4n) is 10.5. The number of nitrogens with zero attached hydrogens (tertiary/aromatic N) is 10. The molecule has 0 unspecified atom stereocenters. The molecule has 77 heavy (non-hydrogen) atoms. The zero-order valence-corrected chi connectivity index (χ0v) is 44.8. The molecular weight excluding hydrogens is 983 g/mol. The van der Waals surface area contributed by atoms with Crippen molar-refractivity contribution in [1.82, 2.24) is 48.0 Å². The van der Waals surface area contributed by atoms with Crippen LogP contribution >= 0.6 is 0 Å². The Bertz CT molecular complexity index is 3750. The van der Waals surface area contributed by atoms with Gasteiger partial charge in [0.15, 0.2) is 22.3 Å². The maximum absolute atomic E-state index is 16.6. The Morgan fingerprint density at radius 1 is 0.558 bits per heavy atom. The number of fused-ring (bicyclic) bond motifs is 2. The van der Waals surface area contributed by atoms with Crippen molar-refractivity contribution in [2.24, 2.45) is 7.05 Å². The number of H-pyrrole nitrogens is 2. The van der Waals surface area contributed by atoms with Crippen molar-refractivity contribution in [3.63, 3.8) is 0 Å². The summed E-state index contributed by atoms with van der Waals surface area (Å²) in [5.41, 5.74) is 3.24. The van der Waals surface area contributed by atoms with Gasteiger partial charge in [-0.3, -0.25) is 47.5 Å². The highest BCUT2D eigenvalue weighted by Crippen LogP contribution is 2.28. The molecule has 2 saturated heterocycles. The van der Waals surface area contributed by atoms with Gasteiger partial charge in [0, 0.05) is 77.1 Å². The minimum atomic E-state index is -0.745. The first-order valence-electron chi connectivity index (χ1n) is 26.3. The van der Waals surface area contributed by atoms with Crippen molar-refractivity contribution >= 4 is 40.1 Å². The van der Waals surface area contributed by atoms with Gasteiger partial charge < -0.3 is 14.7 Å². The second-order valence-electron chi connectivity index (χ2n) is 22.5. The van der Waals surface area contributed by atoms with E-state index in [0.29, 0.717) is 75.4 Å². The van der Waals surface area contributed by atoms with E-state index in [-0.39, 0.29) is 70.7 Å². The topological polar surface area (TPSA) is 175 Å². The predicted octanol–water partition coefficient (Wildman–Crippen LogP) is 5.90. The molecule has 17 nitrogen and oxygen atoms in total. The molecule has 19 heteroatoms. The number of piperazine rings is 2. The number of anilines is 2. The number of amides is 1. The lowest BCUT2D eigenvalue weighted by Crippen LogP contribution is -2.50. The van der Waals surface area contributed by atoms with Gasteiger partial charge in [-0.05, 0) is 57.2 Å². The first kappa shape index (κ1) is 52.5.